The number of alkyl halides is 3. The third-order valence-electron chi connectivity index (χ3n) is 6.15. The fourth-order valence-corrected chi connectivity index (χ4v) is 4.33. The van der Waals surface area contributed by atoms with E-state index in [0.717, 1.165) is 28.5 Å². The van der Waals surface area contributed by atoms with Gasteiger partial charge < -0.3 is 14.7 Å². The first kappa shape index (κ1) is 24.3. The Bertz CT molecular complexity index is 1460. The van der Waals surface area contributed by atoms with Gasteiger partial charge in [-0.1, -0.05) is 30.3 Å². The number of hydrogen-bond acceptors (Lipinski definition) is 5. The smallest absolute Gasteiger partial charge is 0.416 e. The van der Waals surface area contributed by atoms with Crippen LogP contribution in [0.25, 0.3) is 11.3 Å². The van der Waals surface area contributed by atoms with Crippen molar-refractivity contribution in [3.8, 4) is 17.0 Å². The molecule has 1 aliphatic rings. The number of ether oxygens (including phenoxy) is 1. The monoisotopic (exact) mass is 505 g/mol. The van der Waals surface area contributed by atoms with Gasteiger partial charge in [0.25, 0.3) is 0 Å². The normalized spacial score (nSPS) is 12.9. The molecular weight excluding hydrogens is 483 g/mol. The van der Waals surface area contributed by atoms with E-state index in [4.69, 9.17) is 9.84 Å². The number of aromatic nitrogens is 2. The number of anilines is 1. The molecule has 3 heterocycles. The first-order valence-electron chi connectivity index (χ1n) is 11.6. The van der Waals surface area contributed by atoms with Crippen molar-refractivity contribution in [2.75, 3.05) is 11.4 Å². The molecule has 0 atom stereocenters. The molecule has 6 nitrogen and oxygen atoms in total. The summed E-state index contributed by atoms with van der Waals surface area (Å²) in [6.07, 6.45) is -0.980. The minimum absolute atomic E-state index is 0.0336. The van der Waals surface area contributed by atoms with Gasteiger partial charge in [0.15, 0.2) is 0 Å². The first-order valence-corrected chi connectivity index (χ1v) is 11.6. The Balaban J connectivity index is 1.31. The van der Waals surface area contributed by atoms with Gasteiger partial charge in [0, 0.05) is 30.5 Å². The third-order valence-corrected chi connectivity index (χ3v) is 6.15. The van der Waals surface area contributed by atoms with E-state index in [9.17, 15) is 18.0 Å². The molecule has 4 aromatic rings. The van der Waals surface area contributed by atoms with Crippen LogP contribution >= 0.6 is 0 Å². The summed E-state index contributed by atoms with van der Waals surface area (Å²) in [5.74, 6) is -0.759. The van der Waals surface area contributed by atoms with Gasteiger partial charge in [-0.2, -0.15) is 13.2 Å². The average molecular weight is 505 g/mol. The number of fused-ring (bicyclic) bond motifs is 1. The molecule has 1 aliphatic heterocycles. The molecule has 5 rings (SSSR count). The highest BCUT2D eigenvalue weighted by Crippen LogP contribution is 2.37. The summed E-state index contributed by atoms with van der Waals surface area (Å²) in [5.41, 5.74) is 4.15. The fraction of sp³-hybridized carbons (Fsp3) is 0.179. The molecule has 0 bridgehead atoms. The molecule has 0 unspecified atom stereocenters. The van der Waals surface area contributed by atoms with Crippen molar-refractivity contribution >= 4 is 11.7 Å². The number of carboxylic acid groups (broad SMARTS) is 1. The van der Waals surface area contributed by atoms with E-state index < -0.39 is 17.7 Å². The second kappa shape index (κ2) is 9.93. The van der Waals surface area contributed by atoms with Crippen molar-refractivity contribution in [2.24, 2.45) is 0 Å². The maximum atomic E-state index is 13.2. The van der Waals surface area contributed by atoms with Gasteiger partial charge in [0.05, 0.1) is 28.7 Å². The predicted molar refractivity (Wildman–Crippen MR) is 131 cm³/mol. The number of halogens is 3. The zero-order valence-corrected chi connectivity index (χ0v) is 19.6. The molecular formula is C28H22F3N3O3. The van der Waals surface area contributed by atoms with Crippen molar-refractivity contribution in [1.29, 1.82) is 0 Å². The summed E-state index contributed by atoms with van der Waals surface area (Å²) in [7, 11) is 0. The van der Waals surface area contributed by atoms with Crippen LogP contribution in [0.15, 0.2) is 79.1 Å². The summed E-state index contributed by atoms with van der Waals surface area (Å²) in [6, 6.07) is 18.6. The Morgan fingerprint density at radius 1 is 1.03 bits per heavy atom. The summed E-state index contributed by atoms with van der Waals surface area (Å²) in [4.78, 5) is 21.6. The first-order chi connectivity index (χ1) is 17.8. The molecule has 2 aromatic carbocycles. The SMILES string of the molecule is O=C(O)c1cncc(OCc2cccc(-c3cccc(CN4CCc5ccc(C(F)(F)F)cc54)c3)n2)c1. The van der Waals surface area contributed by atoms with Crippen LogP contribution in [0.3, 0.4) is 0 Å². The molecule has 37 heavy (non-hydrogen) atoms. The summed E-state index contributed by atoms with van der Waals surface area (Å²) in [6.45, 7) is 1.27. The highest BCUT2D eigenvalue weighted by atomic mass is 19.4. The average Bonchev–Trinajstić information content (AvgIpc) is 3.29. The van der Waals surface area contributed by atoms with Crippen LogP contribution in [0.2, 0.25) is 0 Å². The lowest BCUT2D eigenvalue weighted by Gasteiger charge is -2.21. The highest BCUT2D eigenvalue weighted by molar-refractivity contribution is 5.87. The maximum absolute atomic E-state index is 13.2. The number of benzene rings is 2. The van der Waals surface area contributed by atoms with E-state index in [1.54, 1.807) is 12.1 Å². The van der Waals surface area contributed by atoms with Gasteiger partial charge in [-0.3, -0.25) is 4.98 Å². The number of rotatable bonds is 7. The maximum Gasteiger partial charge on any atom is 0.416 e. The Morgan fingerprint density at radius 3 is 2.68 bits per heavy atom. The van der Waals surface area contributed by atoms with Crippen molar-refractivity contribution in [2.45, 2.75) is 25.7 Å². The molecule has 1 N–H and O–H groups in total. The Hall–Kier alpha value is -4.40. The second-order valence-electron chi connectivity index (χ2n) is 8.73. The van der Waals surface area contributed by atoms with E-state index >= 15 is 0 Å². The molecule has 0 saturated carbocycles. The topological polar surface area (TPSA) is 75.6 Å². The molecule has 0 amide bonds. The van der Waals surface area contributed by atoms with Crippen molar-refractivity contribution in [3.05, 3.63) is 107 Å². The molecule has 0 aliphatic carbocycles. The number of carboxylic acids is 1. The van der Waals surface area contributed by atoms with Gasteiger partial charge in [-0.05, 0) is 53.9 Å². The van der Waals surface area contributed by atoms with E-state index in [0.29, 0.717) is 36.6 Å². The standard InChI is InChI=1S/C28H22F3N3O3/c29-28(30,31)22-8-7-19-9-10-34(26(19)13-22)16-18-3-1-4-20(11-18)25-6-2-5-23(33-25)17-37-24-12-21(27(35)36)14-32-15-24/h1-8,11-15H,9-10,16-17H2,(H,35,36). The van der Waals surface area contributed by atoms with Crippen molar-refractivity contribution in [1.82, 2.24) is 9.97 Å². The molecule has 0 spiro atoms. The number of aromatic carboxylic acids is 1. The summed E-state index contributed by atoms with van der Waals surface area (Å²) in [5, 5.41) is 9.11. The van der Waals surface area contributed by atoms with Crippen LogP contribution in [-0.2, 0) is 25.7 Å². The lowest BCUT2D eigenvalue weighted by molar-refractivity contribution is -0.137. The van der Waals surface area contributed by atoms with Crippen LogP contribution in [0.5, 0.6) is 5.75 Å². The molecule has 0 fully saturated rings. The van der Waals surface area contributed by atoms with E-state index in [-0.39, 0.29) is 12.2 Å². The van der Waals surface area contributed by atoms with Crippen LogP contribution in [0.1, 0.15) is 32.7 Å². The van der Waals surface area contributed by atoms with Crippen LogP contribution in [-0.4, -0.2) is 27.6 Å². The number of carbonyl (C=O) groups is 1. The highest BCUT2D eigenvalue weighted by Gasteiger charge is 2.32. The number of nitrogens with zero attached hydrogens (tertiary/aromatic N) is 3. The summed E-state index contributed by atoms with van der Waals surface area (Å²) < 4.78 is 45.3. The van der Waals surface area contributed by atoms with Crippen molar-refractivity contribution < 1.29 is 27.8 Å². The Morgan fingerprint density at radius 2 is 1.86 bits per heavy atom. The molecule has 188 valence electrons. The molecule has 0 saturated heterocycles. The van der Waals surface area contributed by atoms with Gasteiger partial charge >= 0.3 is 12.1 Å². The van der Waals surface area contributed by atoms with E-state index in [1.165, 1.54) is 24.5 Å². The van der Waals surface area contributed by atoms with Crippen LogP contribution in [0, 0.1) is 0 Å². The molecule has 2 aromatic heterocycles. The lowest BCUT2D eigenvalue weighted by atomic mass is 10.1. The van der Waals surface area contributed by atoms with Gasteiger partial charge in [0.2, 0.25) is 0 Å². The Kier molecular flexibility index (Phi) is 6.52. The quantitative estimate of drug-likeness (QED) is 0.332. The summed E-state index contributed by atoms with van der Waals surface area (Å²) >= 11 is 0. The van der Waals surface area contributed by atoms with E-state index in [2.05, 4.69) is 9.97 Å². The zero-order chi connectivity index (χ0) is 26.0. The van der Waals surface area contributed by atoms with Gasteiger partial charge in [-0.25, -0.2) is 9.78 Å². The largest absolute Gasteiger partial charge is 0.486 e. The number of pyridine rings is 2. The predicted octanol–water partition coefficient (Wildman–Crippen LogP) is 6.00. The molecule has 9 heteroatoms. The molecule has 0 radical (unpaired) electrons. The van der Waals surface area contributed by atoms with E-state index in [1.807, 2.05) is 41.3 Å². The third kappa shape index (κ3) is 5.55. The van der Waals surface area contributed by atoms with Crippen molar-refractivity contribution in [3.63, 3.8) is 0 Å². The zero-order valence-electron chi connectivity index (χ0n) is 19.6. The minimum Gasteiger partial charge on any atom is -0.486 e. The van der Waals surface area contributed by atoms with Crippen LogP contribution < -0.4 is 9.64 Å². The van der Waals surface area contributed by atoms with Crippen LogP contribution in [0.4, 0.5) is 18.9 Å². The Labute approximate surface area is 211 Å². The lowest BCUT2D eigenvalue weighted by Crippen LogP contribution is -2.20. The fourth-order valence-electron chi connectivity index (χ4n) is 4.33. The number of hydrogen-bond donors (Lipinski definition) is 1. The minimum atomic E-state index is -4.38. The van der Waals surface area contributed by atoms with Gasteiger partial charge in [-0.15, -0.1) is 0 Å². The van der Waals surface area contributed by atoms with Gasteiger partial charge in [0.1, 0.15) is 12.4 Å². The second-order valence-corrected chi connectivity index (χ2v) is 8.73.